The van der Waals surface area contributed by atoms with Gasteiger partial charge in [0.2, 0.25) is 0 Å². The molecule has 0 aliphatic heterocycles. The number of halogens is 3. The van der Waals surface area contributed by atoms with Crippen LogP contribution in [0.15, 0.2) is 36.5 Å². The van der Waals surface area contributed by atoms with E-state index in [1.165, 1.54) is 20.4 Å². The number of benzene rings is 2. The molecule has 0 saturated carbocycles. The lowest BCUT2D eigenvalue weighted by molar-refractivity contribution is 0.102. The lowest BCUT2D eigenvalue weighted by atomic mass is 10.1. The molecule has 1 aromatic heterocycles. The van der Waals surface area contributed by atoms with Gasteiger partial charge >= 0.3 is 0 Å². The summed E-state index contributed by atoms with van der Waals surface area (Å²) in [6.45, 7) is 0. The molecule has 0 atom stereocenters. The van der Waals surface area contributed by atoms with Crippen LogP contribution in [-0.2, 0) is 0 Å². The number of carbonyl (C=O) groups excluding carboxylic acids is 1. The summed E-state index contributed by atoms with van der Waals surface area (Å²) in [5.74, 6) is -1.02. The second-order valence-electron chi connectivity index (χ2n) is 5.32. The first-order chi connectivity index (χ1) is 12.4. The molecule has 0 unspecified atom stereocenters. The number of phenolic OH excluding ortho intramolecular Hbond substituents is 1. The molecule has 0 aliphatic carbocycles. The van der Waals surface area contributed by atoms with Crippen LogP contribution in [0.2, 0.25) is 5.02 Å². The highest BCUT2D eigenvalue weighted by Crippen LogP contribution is 2.34. The number of rotatable bonds is 4. The van der Waals surface area contributed by atoms with Gasteiger partial charge in [0.1, 0.15) is 11.6 Å². The molecule has 2 aromatic carbocycles. The van der Waals surface area contributed by atoms with Gasteiger partial charge in [-0.1, -0.05) is 11.6 Å². The van der Waals surface area contributed by atoms with Gasteiger partial charge in [-0.2, -0.15) is 0 Å². The molecule has 27 heavy (non-hydrogen) atoms. The Morgan fingerprint density at radius 2 is 1.85 bits per heavy atom. The third-order valence-corrected chi connectivity index (χ3v) is 4.08. The molecule has 0 spiro atoms. The first kappa shape index (κ1) is 20.5. The summed E-state index contributed by atoms with van der Waals surface area (Å²) in [6.07, 6.45) is 1.50. The zero-order valence-electron chi connectivity index (χ0n) is 14.2. The summed E-state index contributed by atoms with van der Waals surface area (Å²) >= 11 is 5.64. The number of amides is 1. The van der Waals surface area contributed by atoms with Crippen LogP contribution in [0.25, 0.3) is 10.9 Å². The number of nitrogens with one attached hydrogen (secondary N) is 1. The summed E-state index contributed by atoms with van der Waals surface area (Å²) in [7, 11) is 3.00. The van der Waals surface area contributed by atoms with Crippen LogP contribution in [0, 0.1) is 5.82 Å². The van der Waals surface area contributed by atoms with Crippen molar-refractivity contribution in [2.24, 2.45) is 0 Å². The second-order valence-corrected chi connectivity index (χ2v) is 5.73. The third-order valence-electron chi connectivity index (χ3n) is 3.78. The molecule has 9 heteroatoms. The minimum absolute atomic E-state index is 0. The minimum Gasteiger partial charge on any atom is -0.506 e. The first-order valence-corrected chi connectivity index (χ1v) is 7.82. The van der Waals surface area contributed by atoms with E-state index < -0.39 is 11.7 Å². The number of fused-ring (bicyclic) bond motifs is 1. The van der Waals surface area contributed by atoms with Gasteiger partial charge in [0, 0.05) is 17.6 Å². The number of aromatic nitrogens is 1. The highest BCUT2D eigenvalue weighted by atomic mass is 35.5. The number of carbonyl (C=O) groups is 1. The zero-order valence-corrected chi connectivity index (χ0v) is 15.8. The number of aromatic hydroxyl groups is 1. The predicted molar refractivity (Wildman–Crippen MR) is 103 cm³/mol. The van der Waals surface area contributed by atoms with E-state index in [9.17, 15) is 14.3 Å². The summed E-state index contributed by atoms with van der Waals surface area (Å²) < 4.78 is 24.5. The molecule has 0 aliphatic rings. The van der Waals surface area contributed by atoms with E-state index >= 15 is 0 Å². The van der Waals surface area contributed by atoms with Gasteiger partial charge in [0.25, 0.3) is 5.91 Å². The van der Waals surface area contributed by atoms with Crippen LogP contribution in [0.3, 0.4) is 0 Å². The van der Waals surface area contributed by atoms with E-state index in [2.05, 4.69) is 10.3 Å². The van der Waals surface area contributed by atoms with Crippen molar-refractivity contribution in [1.29, 1.82) is 0 Å². The van der Waals surface area contributed by atoms with Crippen LogP contribution in [0.4, 0.5) is 10.1 Å². The quantitative estimate of drug-likeness (QED) is 0.662. The Morgan fingerprint density at radius 3 is 2.52 bits per heavy atom. The maximum atomic E-state index is 14.0. The van der Waals surface area contributed by atoms with E-state index in [0.29, 0.717) is 28.1 Å². The topological polar surface area (TPSA) is 80.7 Å². The normalized spacial score (nSPS) is 10.2. The van der Waals surface area contributed by atoms with Gasteiger partial charge in [-0.3, -0.25) is 9.78 Å². The lowest BCUT2D eigenvalue weighted by Gasteiger charge is -2.12. The molecule has 1 heterocycles. The van der Waals surface area contributed by atoms with E-state index in [4.69, 9.17) is 21.1 Å². The fourth-order valence-corrected chi connectivity index (χ4v) is 2.63. The van der Waals surface area contributed by atoms with Crippen LogP contribution in [-0.4, -0.2) is 30.2 Å². The Balaban J connectivity index is 0.00000261. The molecule has 0 radical (unpaired) electrons. The highest BCUT2D eigenvalue weighted by Gasteiger charge is 2.17. The van der Waals surface area contributed by atoms with Crippen molar-refractivity contribution in [2.75, 3.05) is 19.5 Å². The van der Waals surface area contributed by atoms with Crippen molar-refractivity contribution in [3.63, 3.8) is 0 Å². The average molecular weight is 413 g/mol. The van der Waals surface area contributed by atoms with Crippen molar-refractivity contribution in [3.8, 4) is 17.2 Å². The second kappa shape index (κ2) is 8.28. The van der Waals surface area contributed by atoms with Gasteiger partial charge < -0.3 is 19.9 Å². The number of methoxy groups -OCH3 is 2. The summed E-state index contributed by atoms with van der Waals surface area (Å²) in [4.78, 5) is 16.7. The van der Waals surface area contributed by atoms with E-state index in [0.717, 1.165) is 12.1 Å². The zero-order chi connectivity index (χ0) is 18.8. The number of anilines is 1. The van der Waals surface area contributed by atoms with Crippen LogP contribution < -0.4 is 14.8 Å². The summed E-state index contributed by atoms with van der Waals surface area (Å²) in [6, 6.07) is 6.75. The maximum absolute atomic E-state index is 14.0. The minimum atomic E-state index is -0.845. The number of hydrogen-bond acceptors (Lipinski definition) is 5. The molecule has 0 bridgehead atoms. The molecule has 3 rings (SSSR count). The van der Waals surface area contributed by atoms with Crippen LogP contribution >= 0.6 is 24.0 Å². The number of ether oxygens (including phenoxy) is 2. The Morgan fingerprint density at radius 1 is 1.19 bits per heavy atom. The summed E-state index contributed by atoms with van der Waals surface area (Å²) in [5, 5.41) is 12.6. The Hall–Kier alpha value is -2.77. The number of pyridine rings is 1. The van der Waals surface area contributed by atoms with Crippen LogP contribution in [0.1, 0.15) is 10.4 Å². The van der Waals surface area contributed by atoms with Crippen molar-refractivity contribution in [1.82, 2.24) is 4.98 Å². The Kier molecular flexibility index (Phi) is 6.30. The standard InChI is InChI=1S/C18H14ClFN2O4.ClH/c1-25-16-6-10-13(3-4-21-14(10)8-17(16)26-2)22-18(24)9-5-15(23)11(19)7-12(9)20;/h3-8,23H,1-2H3,(H,21,22,24);1H. The number of nitrogens with zero attached hydrogens (tertiary/aromatic N) is 1. The fraction of sp³-hybridized carbons (Fsp3) is 0.111. The van der Waals surface area contributed by atoms with Crippen molar-refractivity contribution in [3.05, 3.63) is 52.9 Å². The Labute approximate surface area is 165 Å². The molecule has 6 nitrogen and oxygen atoms in total. The Bertz CT molecular complexity index is 1010. The van der Waals surface area contributed by atoms with Crippen LogP contribution in [0.5, 0.6) is 17.2 Å². The molecular formula is C18H15Cl2FN2O4. The number of hydrogen-bond donors (Lipinski definition) is 2. The highest BCUT2D eigenvalue weighted by molar-refractivity contribution is 6.32. The fourth-order valence-electron chi connectivity index (χ4n) is 2.48. The molecule has 2 N–H and O–H groups in total. The predicted octanol–water partition coefficient (Wildman–Crippen LogP) is 4.42. The van der Waals surface area contributed by atoms with Crippen molar-refractivity contribution < 1.29 is 23.8 Å². The number of phenols is 1. The monoisotopic (exact) mass is 412 g/mol. The molecule has 1 amide bonds. The van der Waals surface area contributed by atoms with E-state index in [1.807, 2.05) is 0 Å². The van der Waals surface area contributed by atoms with Gasteiger partial charge in [-0.15, -0.1) is 12.4 Å². The SMILES string of the molecule is COc1cc2nccc(NC(=O)c3cc(O)c(Cl)cc3F)c2cc1OC.Cl. The molecule has 0 saturated heterocycles. The maximum Gasteiger partial charge on any atom is 0.258 e. The molecular weight excluding hydrogens is 398 g/mol. The van der Waals surface area contributed by atoms with Gasteiger partial charge in [0.15, 0.2) is 11.5 Å². The van der Waals surface area contributed by atoms with E-state index in [-0.39, 0.29) is 28.7 Å². The molecule has 0 fully saturated rings. The summed E-state index contributed by atoms with van der Waals surface area (Å²) in [5.41, 5.74) is 0.618. The molecule has 3 aromatic rings. The average Bonchev–Trinajstić information content (AvgIpc) is 2.63. The lowest BCUT2D eigenvalue weighted by Crippen LogP contribution is -2.14. The van der Waals surface area contributed by atoms with Gasteiger partial charge in [-0.05, 0) is 24.3 Å². The van der Waals surface area contributed by atoms with E-state index in [1.54, 1.807) is 18.2 Å². The van der Waals surface area contributed by atoms with Gasteiger partial charge in [0.05, 0.1) is 36.0 Å². The third kappa shape index (κ3) is 3.99. The van der Waals surface area contributed by atoms with Crippen molar-refractivity contribution >= 4 is 46.5 Å². The van der Waals surface area contributed by atoms with Crippen molar-refractivity contribution in [2.45, 2.75) is 0 Å². The largest absolute Gasteiger partial charge is 0.506 e. The first-order valence-electron chi connectivity index (χ1n) is 7.44. The van der Waals surface area contributed by atoms with Gasteiger partial charge in [-0.25, -0.2) is 4.39 Å². The molecule has 142 valence electrons. The smallest absolute Gasteiger partial charge is 0.258 e.